The highest BCUT2D eigenvalue weighted by molar-refractivity contribution is 14.1. The molecule has 0 aliphatic heterocycles. The van der Waals surface area contributed by atoms with Crippen LogP contribution in [0.25, 0.3) is 0 Å². The van der Waals surface area contributed by atoms with Crippen LogP contribution in [0.4, 0.5) is 0 Å². The molecular formula is C13H17IO. The Morgan fingerprint density at radius 1 is 1.60 bits per heavy atom. The lowest BCUT2D eigenvalue weighted by Gasteiger charge is -2.38. The first-order valence-corrected chi connectivity index (χ1v) is 6.57. The predicted octanol–water partition coefficient (Wildman–Crippen LogP) is 3.89. The van der Waals surface area contributed by atoms with Gasteiger partial charge in [-0.15, -0.1) is 0 Å². The fourth-order valence-corrected chi connectivity index (χ4v) is 4.01. The van der Waals surface area contributed by atoms with Crippen molar-refractivity contribution in [1.82, 2.24) is 0 Å². The number of carbonyl (C=O) groups excluding carboxylic acids is 1. The van der Waals surface area contributed by atoms with E-state index in [2.05, 4.69) is 42.2 Å². The number of ketones is 1. The summed E-state index contributed by atoms with van der Waals surface area (Å²) in [6.07, 6.45) is 5.12. The predicted molar refractivity (Wildman–Crippen MR) is 70.9 cm³/mol. The average molecular weight is 316 g/mol. The summed E-state index contributed by atoms with van der Waals surface area (Å²) in [5.74, 6) is 1.36. The molecule has 0 aromatic rings. The quantitative estimate of drug-likeness (QED) is 0.530. The van der Waals surface area contributed by atoms with Gasteiger partial charge < -0.3 is 0 Å². The molecule has 1 saturated carbocycles. The third-order valence-corrected chi connectivity index (χ3v) is 4.80. The molecule has 0 radical (unpaired) electrons. The zero-order chi connectivity index (χ0) is 11.2. The van der Waals surface area contributed by atoms with Gasteiger partial charge in [-0.1, -0.05) is 18.2 Å². The molecule has 15 heavy (non-hydrogen) atoms. The zero-order valence-corrected chi connectivity index (χ0v) is 11.5. The van der Waals surface area contributed by atoms with E-state index < -0.39 is 0 Å². The van der Waals surface area contributed by atoms with E-state index in [0.29, 0.717) is 24.0 Å². The van der Waals surface area contributed by atoms with Crippen LogP contribution in [0, 0.1) is 17.3 Å². The summed E-state index contributed by atoms with van der Waals surface area (Å²) in [5, 5.41) is 0. The van der Waals surface area contributed by atoms with Crippen LogP contribution in [0.5, 0.6) is 0 Å². The Labute approximate surface area is 105 Å². The minimum Gasteiger partial charge on any atom is -0.299 e. The van der Waals surface area contributed by atoms with E-state index in [0.717, 1.165) is 12.8 Å². The van der Waals surface area contributed by atoms with Gasteiger partial charge in [-0.05, 0) is 64.7 Å². The fourth-order valence-electron chi connectivity index (χ4n) is 2.83. The molecule has 2 aliphatic rings. The van der Waals surface area contributed by atoms with Crippen molar-refractivity contribution < 1.29 is 4.79 Å². The maximum Gasteiger partial charge on any atom is 0.143 e. The minimum atomic E-state index is -0.164. The van der Waals surface area contributed by atoms with E-state index in [1.54, 1.807) is 0 Å². The van der Waals surface area contributed by atoms with Crippen LogP contribution < -0.4 is 0 Å². The topological polar surface area (TPSA) is 17.1 Å². The molecule has 1 nitrogen and oxygen atoms in total. The van der Waals surface area contributed by atoms with Crippen molar-refractivity contribution in [2.45, 2.75) is 33.1 Å². The van der Waals surface area contributed by atoms with Crippen molar-refractivity contribution in [3.8, 4) is 0 Å². The first-order chi connectivity index (χ1) is 6.93. The van der Waals surface area contributed by atoms with Crippen molar-refractivity contribution in [3.63, 3.8) is 0 Å². The van der Waals surface area contributed by atoms with Gasteiger partial charge in [0.2, 0.25) is 0 Å². The van der Waals surface area contributed by atoms with Crippen LogP contribution in [-0.2, 0) is 4.79 Å². The maximum atomic E-state index is 12.2. The second-order valence-electron chi connectivity index (χ2n) is 5.18. The second kappa shape index (κ2) is 3.72. The molecule has 0 aromatic carbocycles. The molecule has 3 atom stereocenters. The first kappa shape index (κ1) is 11.4. The molecule has 82 valence electrons. The van der Waals surface area contributed by atoms with Crippen molar-refractivity contribution in [1.29, 1.82) is 0 Å². The van der Waals surface area contributed by atoms with Crippen LogP contribution in [0.1, 0.15) is 33.1 Å². The molecule has 0 aromatic heterocycles. The summed E-state index contributed by atoms with van der Waals surface area (Å²) in [6.45, 7) is 8.16. The Balaban J connectivity index is 2.26. The van der Waals surface area contributed by atoms with E-state index in [-0.39, 0.29) is 5.41 Å². The zero-order valence-electron chi connectivity index (χ0n) is 9.35. The Morgan fingerprint density at radius 3 is 2.87 bits per heavy atom. The highest BCUT2D eigenvalue weighted by atomic mass is 127. The van der Waals surface area contributed by atoms with Crippen LogP contribution in [0.15, 0.2) is 21.8 Å². The van der Waals surface area contributed by atoms with E-state index >= 15 is 0 Å². The van der Waals surface area contributed by atoms with Gasteiger partial charge in [0.1, 0.15) is 5.78 Å². The Morgan fingerprint density at radius 2 is 2.27 bits per heavy atom. The van der Waals surface area contributed by atoms with Gasteiger partial charge in [0, 0.05) is 11.8 Å². The summed E-state index contributed by atoms with van der Waals surface area (Å²) in [5.41, 5.74) is 1.01. The summed E-state index contributed by atoms with van der Waals surface area (Å²) in [4.78, 5) is 12.2. The Bertz CT molecular complexity index is 356. The van der Waals surface area contributed by atoms with Crippen LogP contribution >= 0.6 is 22.6 Å². The van der Waals surface area contributed by atoms with Gasteiger partial charge >= 0.3 is 0 Å². The Hall–Kier alpha value is -0.120. The molecule has 0 amide bonds. The molecule has 0 heterocycles. The normalized spacial score (nSPS) is 39.9. The van der Waals surface area contributed by atoms with Gasteiger partial charge in [0.15, 0.2) is 0 Å². The number of allylic oxidation sites excluding steroid dienone is 3. The molecule has 2 heteroatoms. The first-order valence-electron chi connectivity index (χ1n) is 5.49. The summed E-state index contributed by atoms with van der Waals surface area (Å²) < 4.78 is 1.36. The molecule has 2 aliphatic carbocycles. The molecular weight excluding hydrogens is 299 g/mol. The van der Waals surface area contributed by atoms with Crippen LogP contribution in [0.3, 0.4) is 0 Å². The smallest absolute Gasteiger partial charge is 0.143 e. The molecule has 1 fully saturated rings. The lowest BCUT2D eigenvalue weighted by atomic mass is 9.64. The summed E-state index contributed by atoms with van der Waals surface area (Å²) >= 11 is 2.37. The van der Waals surface area contributed by atoms with Crippen molar-refractivity contribution in [2.75, 3.05) is 0 Å². The monoisotopic (exact) mass is 316 g/mol. The van der Waals surface area contributed by atoms with E-state index in [1.165, 1.54) is 9.15 Å². The van der Waals surface area contributed by atoms with Gasteiger partial charge in [0.25, 0.3) is 0 Å². The fraction of sp³-hybridized carbons (Fsp3) is 0.615. The third-order valence-electron chi connectivity index (χ3n) is 4.04. The molecule has 0 bridgehead atoms. The van der Waals surface area contributed by atoms with Crippen molar-refractivity contribution in [2.24, 2.45) is 17.3 Å². The molecule has 2 rings (SSSR count). The van der Waals surface area contributed by atoms with Gasteiger partial charge in [-0.3, -0.25) is 4.79 Å². The lowest BCUT2D eigenvalue weighted by molar-refractivity contribution is -0.131. The summed E-state index contributed by atoms with van der Waals surface area (Å²) in [6, 6.07) is 0. The number of carbonyl (C=O) groups is 1. The lowest BCUT2D eigenvalue weighted by Crippen LogP contribution is -2.38. The number of hydrogen-bond acceptors (Lipinski definition) is 1. The second-order valence-corrected chi connectivity index (χ2v) is 6.57. The van der Waals surface area contributed by atoms with Crippen molar-refractivity contribution >= 4 is 28.4 Å². The standard InChI is InChI=1S/C13H17IO/c1-8(2)9-4-10-6-11(14)7-13(10,3)12(15)5-9/h7,9-10H,1,4-6H2,2-3H3/t9-,10+,13-/m1/s1. The Kier molecular flexibility index (Phi) is 2.82. The maximum absolute atomic E-state index is 12.2. The SMILES string of the molecule is C=C(C)[C@H]1CC(=O)[C@]2(C)C=C(I)C[C@@H]2C1. The number of rotatable bonds is 1. The molecule has 0 saturated heterocycles. The van der Waals surface area contributed by atoms with Crippen LogP contribution in [-0.4, -0.2) is 5.78 Å². The number of hydrogen-bond donors (Lipinski definition) is 0. The molecule has 0 unspecified atom stereocenters. The number of Topliss-reactive ketones (excluding diaryl/α,β-unsaturated/α-hetero) is 1. The van der Waals surface area contributed by atoms with E-state index in [9.17, 15) is 4.79 Å². The van der Waals surface area contributed by atoms with E-state index in [4.69, 9.17) is 0 Å². The highest BCUT2D eigenvalue weighted by Crippen LogP contribution is 2.52. The van der Waals surface area contributed by atoms with Crippen LogP contribution in [0.2, 0.25) is 0 Å². The molecule has 0 spiro atoms. The third kappa shape index (κ3) is 1.81. The highest BCUT2D eigenvalue weighted by Gasteiger charge is 2.48. The largest absolute Gasteiger partial charge is 0.299 e. The van der Waals surface area contributed by atoms with E-state index in [1.807, 2.05) is 6.92 Å². The summed E-state index contributed by atoms with van der Waals surface area (Å²) in [7, 11) is 0. The minimum absolute atomic E-state index is 0.164. The van der Waals surface area contributed by atoms with Gasteiger partial charge in [-0.25, -0.2) is 0 Å². The van der Waals surface area contributed by atoms with Gasteiger partial charge in [-0.2, -0.15) is 0 Å². The average Bonchev–Trinajstić information content (AvgIpc) is 2.41. The van der Waals surface area contributed by atoms with Crippen molar-refractivity contribution in [3.05, 3.63) is 21.8 Å². The number of fused-ring (bicyclic) bond motifs is 1. The molecule has 0 N–H and O–H groups in total. The number of halogens is 1. The van der Waals surface area contributed by atoms with Gasteiger partial charge in [0.05, 0.1) is 0 Å².